The molecule has 1 heterocycles. The number of anilines is 1. The summed E-state index contributed by atoms with van der Waals surface area (Å²) in [6.45, 7) is 3.70. The van der Waals surface area contributed by atoms with E-state index in [1.165, 1.54) is 0 Å². The zero-order valence-electron chi connectivity index (χ0n) is 15.6. The number of aromatic nitrogens is 1. The lowest BCUT2D eigenvalue weighted by Gasteiger charge is -2.11. The Morgan fingerprint density at radius 3 is 2.67 bits per heavy atom. The van der Waals surface area contributed by atoms with Gasteiger partial charge in [0.05, 0.1) is 6.20 Å². The first-order valence-corrected chi connectivity index (χ1v) is 9.35. The summed E-state index contributed by atoms with van der Waals surface area (Å²) < 4.78 is 5.78. The largest absolute Gasteiger partial charge is 0.441 e. The standard InChI is InChI=1S/C22H25N3O2/c1-2-23-15-18-11-6-7-12-19(18)25-21(26)13-8-14-22-24-16-20(27-22)17-9-4-3-5-10-17/h3-7,9-12,16,23H,2,8,13-15H2,1H3,(H,25,26). The van der Waals surface area contributed by atoms with Crippen molar-refractivity contribution < 1.29 is 9.21 Å². The second-order valence-corrected chi connectivity index (χ2v) is 6.32. The Labute approximate surface area is 159 Å². The molecular weight excluding hydrogens is 338 g/mol. The number of nitrogens with one attached hydrogen (secondary N) is 2. The van der Waals surface area contributed by atoms with Crippen LogP contribution in [0.25, 0.3) is 11.3 Å². The lowest BCUT2D eigenvalue weighted by molar-refractivity contribution is -0.116. The minimum Gasteiger partial charge on any atom is -0.441 e. The average molecular weight is 363 g/mol. The number of nitrogens with zero attached hydrogens (tertiary/aromatic N) is 1. The molecule has 0 radical (unpaired) electrons. The molecule has 0 aliphatic rings. The maximum Gasteiger partial charge on any atom is 0.224 e. The molecule has 140 valence electrons. The molecule has 0 saturated carbocycles. The van der Waals surface area contributed by atoms with Crippen molar-refractivity contribution in [1.82, 2.24) is 10.3 Å². The molecule has 3 rings (SSSR count). The van der Waals surface area contributed by atoms with Gasteiger partial charge >= 0.3 is 0 Å². The fraction of sp³-hybridized carbons (Fsp3) is 0.273. The van der Waals surface area contributed by atoms with Crippen LogP contribution in [-0.4, -0.2) is 17.4 Å². The molecule has 3 aromatic rings. The number of carbonyl (C=O) groups excluding carboxylic acids is 1. The number of amides is 1. The molecule has 0 unspecified atom stereocenters. The summed E-state index contributed by atoms with van der Waals surface area (Å²) in [6.07, 6.45) is 3.50. The fourth-order valence-corrected chi connectivity index (χ4v) is 2.83. The third-order valence-electron chi connectivity index (χ3n) is 4.26. The van der Waals surface area contributed by atoms with E-state index in [4.69, 9.17) is 4.42 Å². The summed E-state index contributed by atoms with van der Waals surface area (Å²) >= 11 is 0. The first-order chi connectivity index (χ1) is 13.3. The van der Waals surface area contributed by atoms with E-state index in [2.05, 4.69) is 22.5 Å². The van der Waals surface area contributed by atoms with Gasteiger partial charge in [0, 0.05) is 30.6 Å². The molecule has 0 aliphatic carbocycles. The zero-order valence-corrected chi connectivity index (χ0v) is 15.6. The van der Waals surface area contributed by atoms with Gasteiger partial charge < -0.3 is 15.1 Å². The molecule has 0 saturated heterocycles. The molecule has 0 fully saturated rings. The first kappa shape index (κ1) is 18.9. The Morgan fingerprint density at radius 1 is 1.07 bits per heavy atom. The molecule has 0 bridgehead atoms. The maximum absolute atomic E-state index is 12.3. The third kappa shape index (κ3) is 5.53. The van der Waals surface area contributed by atoms with E-state index >= 15 is 0 Å². The summed E-state index contributed by atoms with van der Waals surface area (Å²) in [5, 5.41) is 6.29. The van der Waals surface area contributed by atoms with Crippen LogP contribution in [0.1, 0.15) is 31.2 Å². The van der Waals surface area contributed by atoms with Crippen molar-refractivity contribution >= 4 is 11.6 Å². The smallest absolute Gasteiger partial charge is 0.224 e. The number of hydrogen-bond acceptors (Lipinski definition) is 4. The van der Waals surface area contributed by atoms with Crippen molar-refractivity contribution in [3.63, 3.8) is 0 Å². The first-order valence-electron chi connectivity index (χ1n) is 9.35. The SMILES string of the molecule is CCNCc1ccccc1NC(=O)CCCc1ncc(-c2ccccc2)o1. The molecular formula is C22H25N3O2. The highest BCUT2D eigenvalue weighted by Crippen LogP contribution is 2.21. The number of hydrogen-bond donors (Lipinski definition) is 2. The number of oxazole rings is 1. The van der Waals surface area contributed by atoms with Crippen LogP contribution in [0.15, 0.2) is 65.2 Å². The van der Waals surface area contributed by atoms with Crippen LogP contribution in [0.5, 0.6) is 0 Å². The van der Waals surface area contributed by atoms with E-state index in [-0.39, 0.29) is 5.91 Å². The minimum absolute atomic E-state index is 0.00814. The predicted molar refractivity (Wildman–Crippen MR) is 107 cm³/mol. The third-order valence-corrected chi connectivity index (χ3v) is 4.26. The molecule has 2 aromatic carbocycles. The molecule has 1 amide bonds. The Bertz CT molecular complexity index is 859. The summed E-state index contributed by atoms with van der Waals surface area (Å²) in [5.74, 6) is 1.43. The van der Waals surface area contributed by atoms with Crippen molar-refractivity contribution in [2.45, 2.75) is 32.7 Å². The number of benzene rings is 2. The number of rotatable bonds is 9. The van der Waals surface area contributed by atoms with E-state index in [0.29, 0.717) is 25.2 Å². The minimum atomic E-state index is 0.00814. The molecule has 0 spiro atoms. The van der Waals surface area contributed by atoms with Crippen LogP contribution in [0, 0.1) is 0 Å². The normalized spacial score (nSPS) is 10.7. The molecule has 5 heteroatoms. The van der Waals surface area contributed by atoms with Crippen LogP contribution in [-0.2, 0) is 17.8 Å². The van der Waals surface area contributed by atoms with Crippen molar-refractivity contribution in [3.8, 4) is 11.3 Å². The van der Waals surface area contributed by atoms with Crippen molar-refractivity contribution in [2.75, 3.05) is 11.9 Å². The Balaban J connectivity index is 1.48. The Morgan fingerprint density at radius 2 is 1.85 bits per heavy atom. The van der Waals surface area contributed by atoms with Crippen LogP contribution >= 0.6 is 0 Å². The number of aryl methyl sites for hydroxylation is 1. The van der Waals surface area contributed by atoms with Crippen LogP contribution in [0.4, 0.5) is 5.69 Å². The predicted octanol–water partition coefficient (Wildman–Crippen LogP) is 4.41. The van der Waals surface area contributed by atoms with Crippen molar-refractivity contribution in [3.05, 3.63) is 72.2 Å². The highest BCUT2D eigenvalue weighted by Gasteiger charge is 2.09. The fourth-order valence-electron chi connectivity index (χ4n) is 2.83. The van der Waals surface area contributed by atoms with Gasteiger partial charge in [-0.25, -0.2) is 4.98 Å². The van der Waals surface area contributed by atoms with Crippen LogP contribution in [0.3, 0.4) is 0 Å². The molecule has 0 aliphatic heterocycles. The van der Waals surface area contributed by atoms with Gasteiger partial charge in [-0.1, -0.05) is 55.5 Å². The number of carbonyl (C=O) groups is 1. The highest BCUT2D eigenvalue weighted by atomic mass is 16.4. The zero-order chi connectivity index (χ0) is 18.9. The second-order valence-electron chi connectivity index (χ2n) is 6.32. The molecule has 2 N–H and O–H groups in total. The second kappa shape index (κ2) is 9.69. The van der Waals surface area contributed by atoms with Gasteiger partial charge in [-0.3, -0.25) is 4.79 Å². The topological polar surface area (TPSA) is 67.2 Å². The van der Waals surface area contributed by atoms with Gasteiger partial charge in [-0.2, -0.15) is 0 Å². The van der Waals surface area contributed by atoms with Gasteiger partial charge in [0.1, 0.15) is 0 Å². The Hall–Kier alpha value is -2.92. The summed E-state index contributed by atoms with van der Waals surface area (Å²) in [4.78, 5) is 16.6. The lowest BCUT2D eigenvalue weighted by Crippen LogP contribution is -2.17. The monoisotopic (exact) mass is 363 g/mol. The highest BCUT2D eigenvalue weighted by molar-refractivity contribution is 5.91. The average Bonchev–Trinajstić information content (AvgIpc) is 3.17. The van der Waals surface area contributed by atoms with Gasteiger partial charge in [-0.15, -0.1) is 0 Å². The lowest BCUT2D eigenvalue weighted by atomic mass is 10.1. The van der Waals surface area contributed by atoms with Gasteiger partial charge in [0.2, 0.25) is 5.91 Å². The van der Waals surface area contributed by atoms with Gasteiger partial charge in [0.25, 0.3) is 0 Å². The maximum atomic E-state index is 12.3. The molecule has 27 heavy (non-hydrogen) atoms. The van der Waals surface area contributed by atoms with E-state index in [1.807, 2.05) is 54.6 Å². The molecule has 1 aromatic heterocycles. The summed E-state index contributed by atoms with van der Waals surface area (Å²) in [6, 6.07) is 17.8. The van der Waals surface area contributed by atoms with E-state index in [1.54, 1.807) is 6.20 Å². The van der Waals surface area contributed by atoms with E-state index < -0.39 is 0 Å². The number of para-hydroxylation sites is 1. The van der Waals surface area contributed by atoms with Crippen LogP contribution < -0.4 is 10.6 Å². The van der Waals surface area contributed by atoms with Gasteiger partial charge in [-0.05, 0) is 24.6 Å². The quantitative estimate of drug-likeness (QED) is 0.591. The van der Waals surface area contributed by atoms with Crippen molar-refractivity contribution in [1.29, 1.82) is 0 Å². The van der Waals surface area contributed by atoms with Crippen molar-refractivity contribution in [2.24, 2.45) is 0 Å². The molecule has 0 atom stereocenters. The molecule has 5 nitrogen and oxygen atoms in total. The van der Waals surface area contributed by atoms with E-state index in [0.717, 1.165) is 35.7 Å². The summed E-state index contributed by atoms with van der Waals surface area (Å²) in [7, 11) is 0. The van der Waals surface area contributed by atoms with Crippen LogP contribution in [0.2, 0.25) is 0 Å². The summed E-state index contributed by atoms with van der Waals surface area (Å²) in [5.41, 5.74) is 2.96. The Kier molecular flexibility index (Phi) is 6.77. The van der Waals surface area contributed by atoms with E-state index in [9.17, 15) is 4.79 Å². The van der Waals surface area contributed by atoms with Gasteiger partial charge in [0.15, 0.2) is 11.7 Å².